The Labute approximate surface area is 173 Å². The number of hydrogen-bond donors (Lipinski definition) is 1. The summed E-state index contributed by atoms with van der Waals surface area (Å²) in [5.74, 6) is 0. The molecule has 0 saturated heterocycles. The molecule has 0 radical (unpaired) electrons. The first-order valence-electron chi connectivity index (χ1n) is 9.04. The fourth-order valence-electron chi connectivity index (χ4n) is 3.28. The predicted octanol–water partition coefficient (Wildman–Crippen LogP) is 4.52. The summed E-state index contributed by atoms with van der Waals surface area (Å²) >= 11 is 6.23. The van der Waals surface area contributed by atoms with E-state index in [2.05, 4.69) is 16.0 Å². The van der Waals surface area contributed by atoms with E-state index in [1.807, 2.05) is 31.2 Å². The second kappa shape index (κ2) is 6.96. The van der Waals surface area contributed by atoms with Crippen molar-refractivity contribution in [3.05, 3.63) is 70.8 Å². The minimum atomic E-state index is -1.11. The molecule has 6 nitrogen and oxygen atoms in total. The zero-order valence-electron chi connectivity index (χ0n) is 16.2. The van der Waals surface area contributed by atoms with Crippen LogP contribution in [0.3, 0.4) is 0 Å². The van der Waals surface area contributed by atoms with Gasteiger partial charge in [0.15, 0.2) is 5.65 Å². The summed E-state index contributed by atoms with van der Waals surface area (Å²) in [7, 11) is 0. The van der Waals surface area contributed by atoms with Crippen LogP contribution >= 0.6 is 11.6 Å². The lowest BCUT2D eigenvalue weighted by Crippen LogP contribution is -2.18. The van der Waals surface area contributed by atoms with Crippen LogP contribution in [0.5, 0.6) is 0 Å². The van der Waals surface area contributed by atoms with E-state index < -0.39 is 5.60 Å². The molecule has 3 heterocycles. The minimum absolute atomic E-state index is 0.359. The van der Waals surface area contributed by atoms with Crippen LogP contribution < -0.4 is 0 Å². The van der Waals surface area contributed by atoms with Gasteiger partial charge in [-0.05, 0) is 50.6 Å². The van der Waals surface area contributed by atoms with Gasteiger partial charge in [0, 0.05) is 17.5 Å². The Hall–Kier alpha value is -3.27. The van der Waals surface area contributed by atoms with E-state index in [1.54, 1.807) is 42.8 Å². The van der Waals surface area contributed by atoms with Crippen molar-refractivity contribution in [3.8, 4) is 28.5 Å². The lowest BCUT2D eigenvalue weighted by Gasteiger charge is -2.16. The quantitative estimate of drug-likeness (QED) is 0.508. The summed E-state index contributed by atoms with van der Waals surface area (Å²) in [6.45, 7) is 5.22. The molecule has 4 aromatic rings. The van der Waals surface area contributed by atoms with Gasteiger partial charge in [-0.15, -0.1) is 0 Å². The van der Waals surface area contributed by atoms with Gasteiger partial charge in [0.2, 0.25) is 0 Å². The van der Waals surface area contributed by atoms with Gasteiger partial charge in [-0.1, -0.05) is 29.8 Å². The molecule has 1 aromatic carbocycles. The maximum absolute atomic E-state index is 10.4. The molecule has 0 saturated carbocycles. The molecule has 0 aliphatic rings. The van der Waals surface area contributed by atoms with Crippen molar-refractivity contribution in [2.45, 2.75) is 26.4 Å². The van der Waals surface area contributed by atoms with Gasteiger partial charge >= 0.3 is 0 Å². The van der Waals surface area contributed by atoms with Gasteiger partial charge in [-0.3, -0.25) is 0 Å². The van der Waals surface area contributed by atoms with Crippen molar-refractivity contribution < 1.29 is 5.11 Å². The van der Waals surface area contributed by atoms with E-state index in [0.29, 0.717) is 33.3 Å². The van der Waals surface area contributed by atoms with Gasteiger partial charge in [0.05, 0.1) is 22.9 Å². The van der Waals surface area contributed by atoms with Gasteiger partial charge in [-0.2, -0.15) is 10.4 Å². The number of nitriles is 1. The van der Waals surface area contributed by atoms with E-state index in [4.69, 9.17) is 16.7 Å². The van der Waals surface area contributed by atoms with Crippen molar-refractivity contribution in [1.82, 2.24) is 19.6 Å². The third-order valence-corrected chi connectivity index (χ3v) is 4.82. The number of hydrogen-bond acceptors (Lipinski definition) is 5. The summed E-state index contributed by atoms with van der Waals surface area (Å²) in [6, 6.07) is 14.9. The number of aromatic nitrogens is 4. The van der Waals surface area contributed by atoms with Crippen molar-refractivity contribution >= 4 is 17.2 Å². The topological polar surface area (TPSA) is 87.1 Å². The monoisotopic (exact) mass is 403 g/mol. The molecular formula is C22H18ClN5O. The number of aryl methyl sites for hydroxylation is 1. The van der Waals surface area contributed by atoms with Gasteiger partial charge < -0.3 is 5.11 Å². The molecule has 0 bridgehead atoms. The van der Waals surface area contributed by atoms with E-state index >= 15 is 0 Å². The predicted molar refractivity (Wildman–Crippen MR) is 111 cm³/mol. The highest BCUT2D eigenvalue weighted by atomic mass is 35.5. The second-order valence-electron chi connectivity index (χ2n) is 7.34. The van der Waals surface area contributed by atoms with Crippen LogP contribution in [-0.2, 0) is 5.60 Å². The van der Waals surface area contributed by atoms with Gasteiger partial charge in [0.25, 0.3) is 0 Å². The van der Waals surface area contributed by atoms with Crippen LogP contribution in [-0.4, -0.2) is 24.7 Å². The van der Waals surface area contributed by atoms with Gasteiger partial charge in [-0.25, -0.2) is 14.5 Å². The Kier molecular flexibility index (Phi) is 4.58. The summed E-state index contributed by atoms with van der Waals surface area (Å²) in [5.41, 5.74) is 4.07. The van der Waals surface area contributed by atoms with Crippen LogP contribution in [0.15, 0.2) is 48.7 Å². The molecule has 3 aromatic heterocycles. The molecule has 7 heteroatoms. The number of aliphatic hydroxyl groups is 1. The van der Waals surface area contributed by atoms with E-state index in [9.17, 15) is 10.4 Å². The van der Waals surface area contributed by atoms with E-state index in [1.165, 1.54) is 0 Å². The fourth-order valence-corrected chi connectivity index (χ4v) is 3.53. The van der Waals surface area contributed by atoms with Crippen molar-refractivity contribution in [3.63, 3.8) is 0 Å². The number of nitrogens with zero attached hydrogens (tertiary/aromatic N) is 5. The Morgan fingerprint density at radius 3 is 2.59 bits per heavy atom. The summed E-state index contributed by atoms with van der Waals surface area (Å²) in [4.78, 5) is 8.93. The molecule has 144 valence electrons. The van der Waals surface area contributed by atoms with Crippen LogP contribution in [0.4, 0.5) is 0 Å². The Bertz CT molecular complexity index is 1260. The summed E-state index contributed by atoms with van der Waals surface area (Å²) in [6.07, 6.45) is 1.76. The summed E-state index contributed by atoms with van der Waals surface area (Å²) < 4.78 is 1.65. The number of halogens is 1. The highest BCUT2D eigenvalue weighted by molar-refractivity contribution is 6.29. The first kappa shape index (κ1) is 19.1. The third kappa shape index (κ3) is 3.46. The highest BCUT2D eigenvalue weighted by Crippen LogP contribution is 2.37. The fraction of sp³-hybridized carbons (Fsp3) is 0.182. The molecular weight excluding hydrogens is 386 g/mol. The molecule has 0 aliphatic heterocycles. The average Bonchev–Trinajstić information content (AvgIpc) is 3.05. The zero-order valence-corrected chi connectivity index (χ0v) is 16.9. The minimum Gasteiger partial charge on any atom is -0.384 e. The Morgan fingerprint density at radius 2 is 1.90 bits per heavy atom. The molecule has 0 aliphatic carbocycles. The lowest BCUT2D eigenvalue weighted by molar-refractivity contribution is 0.0740. The number of pyridine rings is 1. The first-order chi connectivity index (χ1) is 13.8. The number of benzene rings is 1. The third-order valence-electron chi connectivity index (χ3n) is 4.63. The first-order valence-corrected chi connectivity index (χ1v) is 9.42. The molecule has 1 N–H and O–H groups in total. The zero-order chi connectivity index (χ0) is 20.8. The molecule has 0 amide bonds. The highest BCUT2D eigenvalue weighted by Gasteiger charge is 2.24. The van der Waals surface area contributed by atoms with E-state index in [-0.39, 0.29) is 0 Å². The number of rotatable bonds is 3. The largest absolute Gasteiger partial charge is 0.384 e. The van der Waals surface area contributed by atoms with E-state index in [0.717, 1.165) is 16.8 Å². The maximum atomic E-state index is 10.4. The number of fused-ring (bicyclic) bond motifs is 1. The van der Waals surface area contributed by atoms with Gasteiger partial charge in [0.1, 0.15) is 16.4 Å². The molecule has 0 atom stereocenters. The Balaban J connectivity index is 2.12. The smallest absolute Gasteiger partial charge is 0.163 e. The summed E-state index contributed by atoms with van der Waals surface area (Å²) in [5, 5.41) is 25.1. The van der Waals surface area contributed by atoms with Crippen LogP contribution in [0.1, 0.15) is 30.8 Å². The Morgan fingerprint density at radius 1 is 1.14 bits per heavy atom. The molecule has 0 spiro atoms. The molecule has 0 fully saturated rings. The average molecular weight is 404 g/mol. The SMILES string of the molecule is Cc1cc(-c2c(-c3ccccc3C#N)nn3ccc(C(C)(C)O)nc23)cc(Cl)n1. The standard InChI is InChI=1S/C22H18ClN5O/c1-13-10-15(11-18(23)25-13)19-20(16-7-5-4-6-14(16)12-24)27-28-9-8-17(22(2,3)29)26-21(19)28/h4-11,29H,1-3H3. The molecule has 0 unspecified atom stereocenters. The van der Waals surface area contributed by atoms with Crippen LogP contribution in [0.2, 0.25) is 5.15 Å². The van der Waals surface area contributed by atoms with Crippen LogP contribution in [0.25, 0.3) is 28.0 Å². The van der Waals surface area contributed by atoms with Crippen molar-refractivity contribution in [2.75, 3.05) is 0 Å². The van der Waals surface area contributed by atoms with Crippen molar-refractivity contribution in [2.24, 2.45) is 0 Å². The normalized spacial score (nSPS) is 11.6. The maximum Gasteiger partial charge on any atom is 0.163 e. The molecule has 29 heavy (non-hydrogen) atoms. The second-order valence-corrected chi connectivity index (χ2v) is 7.73. The van der Waals surface area contributed by atoms with Crippen molar-refractivity contribution in [1.29, 1.82) is 5.26 Å². The lowest BCUT2D eigenvalue weighted by atomic mass is 9.98. The van der Waals surface area contributed by atoms with Crippen LogP contribution in [0, 0.1) is 18.3 Å². The molecule has 4 rings (SSSR count).